The first-order valence-corrected chi connectivity index (χ1v) is 9.31. The first-order valence-electron chi connectivity index (χ1n) is 7.53. The van der Waals surface area contributed by atoms with Gasteiger partial charge >= 0.3 is 0 Å². The summed E-state index contributed by atoms with van der Waals surface area (Å²) in [4.78, 5) is 0. The zero-order chi connectivity index (χ0) is 15.9. The Balaban J connectivity index is 2.04. The summed E-state index contributed by atoms with van der Waals surface area (Å²) in [5.41, 5.74) is 6.45. The summed E-state index contributed by atoms with van der Waals surface area (Å²) in [6, 6.07) is 27.5. The van der Waals surface area contributed by atoms with Gasteiger partial charge in [-0.3, -0.25) is 10.1 Å². The van der Waals surface area contributed by atoms with Crippen molar-refractivity contribution in [3.63, 3.8) is 0 Å². The molecule has 112 valence electrons. The Hall–Kier alpha value is -2.41. The average molecular weight is 317 g/mol. The number of fused-ring (bicyclic) bond motifs is 2. The zero-order valence-electron chi connectivity index (χ0n) is 12.5. The Bertz CT molecular complexity index is 977. The van der Waals surface area contributed by atoms with Gasteiger partial charge in [-0.15, -0.1) is 0 Å². The van der Waals surface area contributed by atoms with Crippen LogP contribution in [0.3, 0.4) is 0 Å². The van der Waals surface area contributed by atoms with Crippen LogP contribution in [-0.2, 0) is 4.57 Å². The lowest BCUT2D eigenvalue weighted by atomic mass is 10.1. The lowest BCUT2D eigenvalue weighted by Gasteiger charge is -2.18. The molecule has 0 spiro atoms. The molecule has 0 atom stereocenters. The lowest BCUT2D eigenvalue weighted by molar-refractivity contribution is 0.588. The van der Waals surface area contributed by atoms with Crippen molar-refractivity contribution < 1.29 is 4.57 Å². The molecule has 0 aliphatic carbocycles. The Kier molecular flexibility index (Phi) is 3.30. The molecule has 0 bridgehead atoms. The minimum Gasteiger partial charge on any atom is -0.297 e. The predicted molar refractivity (Wildman–Crippen MR) is 99.0 cm³/mol. The molecule has 0 saturated heterocycles. The fourth-order valence-electron chi connectivity index (χ4n) is 3.13. The normalized spacial score (nSPS) is 11.9. The quantitative estimate of drug-likeness (QED) is 0.564. The van der Waals surface area contributed by atoms with Gasteiger partial charge in [0.1, 0.15) is 0 Å². The molecule has 2 N–H and O–H groups in total. The molecule has 2 nitrogen and oxygen atoms in total. The van der Waals surface area contributed by atoms with Gasteiger partial charge < -0.3 is 0 Å². The predicted octanol–water partition coefficient (Wildman–Crippen LogP) is 4.18. The summed E-state index contributed by atoms with van der Waals surface area (Å²) in [5, 5.41) is 5.44. The summed E-state index contributed by atoms with van der Waals surface area (Å²) >= 11 is 0. The first kappa shape index (κ1) is 14.2. The third-order valence-corrected chi connectivity index (χ3v) is 6.46. The smallest absolute Gasteiger partial charge is 0.203 e. The van der Waals surface area contributed by atoms with Crippen LogP contribution < -0.4 is 16.1 Å². The second kappa shape index (κ2) is 5.34. The van der Waals surface area contributed by atoms with E-state index >= 15 is 0 Å². The van der Waals surface area contributed by atoms with E-state index in [1.165, 1.54) is 0 Å². The third kappa shape index (κ3) is 2.28. The van der Waals surface area contributed by atoms with Crippen molar-refractivity contribution in [3.05, 3.63) is 84.9 Å². The van der Waals surface area contributed by atoms with Crippen LogP contribution in [-0.4, -0.2) is 0 Å². The Morgan fingerprint density at radius 1 is 0.565 bits per heavy atom. The summed E-state index contributed by atoms with van der Waals surface area (Å²) in [6.45, 7) is 0. The third-order valence-electron chi connectivity index (χ3n) is 4.25. The van der Waals surface area contributed by atoms with Crippen molar-refractivity contribution in [1.82, 2.24) is 0 Å². The minimum absolute atomic E-state index is 0.715. The van der Waals surface area contributed by atoms with E-state index in [4.69, 9.17) is 5.50 Å². The molecular formula is C20H16NOP. The molecule has 0 aromatic heterocycles. The fourth-order valence-corrected chi connectivity index (χ4v) is 5.12. The standard InChI is InChI=1S/C20H16NOP/c21-23(22,19-13-5-9-15-7-1-3-11-17(15)19)20-14-6-10-16-8-2-4-12-18(16)20/h1-14H,(H2,21,22). The molecule has 0 aliphatic heterocycles. The number of hydrogen-bond donors (Lipinski definition) is 1. The molecule has 0 heterocycles. The lowest BCUT2D eigenvalue weighted by Crippen LogP contribution is -2.23. The first-order chi connectivity index (χ1) is 11.2. The molecule has 0 radical (unpaired) electrons. The topological polar surface area (TPSA) is 43.1 Å². The number of nitrogens with two attached hydrogens (primary N) is 1. The van der Waals surface area contributed by atoms with Gasteiger partial charge in [-0.1, -0.05) is 72.8 Å². The monoisotopic (exact) mass is 317 g/mol. The largest absolute Gasteiger partial charge is 0.297 e. The molecule has 23 heavy (non-hydrogen) atoms. The highest BCUT2D eigenvalue weighted by molar-refractivity contribution is 7.77. The van der Waals surface area contributed by atoms with Gasteiger partial charge in [-0.25, -0.2) is 0 Å². The summed E-state index contributed by atoms with van der Waals surface area (Å²) in [7, 11) is -3.19. The van der Waals surface area contributed by atoms with Gasteiger partial charge in [0.25, 0.3) is 0 Å². The molecule has 0 amide bonds. The van der Waals surface area contributed by atoms with E-state index < -0.39 is 7.29 Å². The van der Waals surface area contributed by atoms with Crippen LogP contribution in [0.4, 0.5) is 0 Å². The molecule has 3 heteroatoms. The molecular weight excluding hydrogens is 301 g/mol. The summed E-state index contributed by atoms with van der Waals surface area (Å²) < 4.78 is 13.6. The Morgan fingerprint density at radius 2 is 0.957 bits per heavy atom. The number of hydrogen-bond acceptors (Lipinski definition) is 1. The Morgan fingerprint density at radius 3 is 1.43 bits per heavy atom. The zero-order valence-corrected chi connectivity index (χ0v) is 13.4. The maximum atomic E-state index is 13.6. The van der Waals surface area contributed by atoms with E-state index in [-0.39, 0.29) is 0 Å². The second-order valence-electron chi connectivity index (χ2n) is 5.65. The van der Waals surface area contributed by atoms with Crippen LogP contribution in [0.5, 0.6) is 0 Å². The van der Waals surface area contributed by atoms with E-state index in [9.17, 15) is 4.57 Å². The molecule has 4 rings (SSSR count). The molecule has 0 fully saturated rings. The van der Waals surface area contributed by atoms with Crippen LogP contribution in [0.15, 0.2) is 84.9 Å². The number of benzene rings is 4. The summed E-state index contributed by atoms with van der Waals surface area (Å²) in [6.07, 6.45) is 0. The van der Waals surface area contributed by atoms with Crippen LogP contribution in [0.2, 0.25) is 0 Å². The van der Waals surface area contributed by atoms with Crippen molar-refractivity contribution in [3.8, 4) is 0 Å². The van der Waals surface area contributed by atoms with Crippen molar-refractivity contribution in [2.45, 2.75) is 0 Å². The van der Waals surface area contributed by atoms with Crippen molar-refractivity contribution in [2.75, 3.05) is 0 Å². The average Bonchev–Trinajstić information content (AvgIpc) is 2.60. The maximum Gasteiger partial charge on any atom is 0.203 e. The van der Waals surface area contributed by atoms with Gasteiger partial charge in [0, 0.05) is 10.6 Å². The fraction of sp³-hybridized carbons (Fsp3) is 0. The van der Waals surface area contributed by atoms with Crippen LogP contribution in [0, 0.1) is 0 Å². The molecule has 0 unspecified atom stereocenters. The highest BCUT2D eigenvalue weighted by Crippen LogP contribution is 2.39. The van der Waals surface area contributed by atoms with Crippen molar-refractivity contribution in [1.29, 1.82) is 0 Å². The van der Waals surface area contributed by atoms with E-state index in [1.54, 1.807) is 0 Å². The van der Waals surface area contributed by atoms with E-state index in [2.05, 4.69) is 0 Å². The minimum atomic E-state index is -3.19. The van der Waals surface area contributed by atoms with Crippen molar-refractivity contribution >= 4 is 39.4 Å². The second-order valence-corrected chi connectivity index (χ2v) is 7.93. The Labute approximate surface area is 135 Å². The molecule has 4 aromatic carbocycles. The van der Waals surface area contributed by atoms with Gasteiger partial charge in [0.2, 0.25) is 7.29 Å². The highest BCUT2D eigenvalue weighted by Gasteiger charge is 2.25. The van der Waals surface area contributed by atoms with Gasteiger partial charge in [0.05, 0.1) is 0 Å². The highest BCUT2D eigenvalue weighted by atomic mass is 31.2. The van der Waals surface area contributed by atoms with Crippen LogP contribution in [0.1, 0.15) is 0 Å². The van der Waals surface area contributed by atoms with Gasteiger partial charge in [-0.05, 0) is 33.7 Å². The molecule has 0 aliphatic rings. The van der Waals surface area contributed by atoms with Crippen LogP contribution in [0.25, 0.3) is 21.5 Å². The van der Waals surface area contributed by atoms with Gasteiger partial charge in [-0.2, -0.15) is 0 Å². The maximum absolute atomic E-state index is 13.6. The number of rotatable bonds is 2. The summed E-state index contributed by atoms with van der Waals surface area (Å²) in [5.74, 6) is 0. The van der Waals surface area contributed by atoms with Gasteiger partial charge in [0.15, 0.2) is 0 Å². The van der Waals surface area contributed by atoms with Crippen molar-refractivity contribution in [2.24, 2.45) is 5.50 Å². The van der Waals surface area contributed by atoms with Crippen LogP contribution >= 0.6 is 7.29 Å². The molecule has 4 aromatic rings. The van der Waals surface area contributed by atoms with E-state index in [0.717, 1.165) is 21.5 Å². The van der Waals surface area contributed by atoms with E-state index in [0.29, 0.717) is 10.6 Å². The SMILES string of the molecule is NP(=O)(c1cccc2ccccc12)c1cccc2ccccc12. The molecule has 0 saturated carbocycles. The van der Waals surface area contributed by atoms with E-state index in [1.807, 2.05) is 84.9 Å².